The fourth-order valence-corrected chi connectivity index (χ4v) is 1.32. The van der Waals surface area contributed by atoms with Crippen molar-refractivity contribution in [1.82, 2.24) is 0 Å². The number of aliphatic hydroxyl groups excluding tert-OH is 1. The molecule has 1 fully saturated rings. The largest absolute Gasteiger partial charge is 0.390 e. The first-order valence-electron chi connectivity index (χ1n) is 4.58. The molecule has 3 heteroatoms. The maximum Gasteiger partial charge on any atom is 0.151 e. The highest BCUT2D eigenvalue weighted by Gasteiger charge is 2.43. The number of unbranched alkanes of at least 4 members (excludes halogenated alkanes) is 2. The zero-order valence-electron chi connectivity index (χ0n) is 7.40. The number of rotatable bonds is 6. The van der Waals surface area contributed by atoms with Crippen LogP contribution in [0, 0.1) is 0 Å². The Labute approximate surface area is 72.7 Å². The molecule has 1 heterocycles. The van der Waals surface area contributed by atoms with Crippen LogP contribution < -0.4 is 0 Å². The molecule has 70 valence electrons. The van der Waals surface area contributed by atoms with Gasteiger partial charge < -0.3 is 14.6 Å². The van der Waals surface area contributed by atoms with Crippen LogP contribution in [0.25, 0.3) is 0 Å². The zero-order valence-corrected chi connectivity index (χ0v) is 7.40. The van der Waals surface area contributed by atoms with Crippen molar-refractivity contribution in [2.24, 2.45) is 0 Å². The van der Waals surface area contributed by atoms with Crippen molar-refractivity contribution in [1.29, 1.82) is 0 Å². The molecule has 0 spiro atoms. The van der Waals surface area contributed by atoms with Crippen molar-refractivity contribution >= 4 is 6.29 Å². The molecule has 1 saturated heterocycles. The highest BCUT2D eigenvalue weighted by atomic mass is 16.6. The Morgan fingerprint density at radius 2 is 2.33 bits per heavy atom. The molecule has 0 aromatic heterocycles. The van der Waals surface area contributed by atoms with E-state index in [1.54, 1.807) is 0 Å². The Morgan fingerprint density at radius 1 is 1.58 bits per heavy atom. The molecule has 1 N–H and O–H groups in total. The number of hydrogen-bond acceptors (Lipinski definition) is 3. The van der Waals surface area contributed by atoms with Crippen LogP contribution in [0.3, 0.4) is 0 Å². The zero-order chi connectivity index (χ0) is 8.97. The summed E-state index contributed by atoms with van der Waals surface area (Å²) in [5.41, 5.74) is 0. The molecule has 0 saturated carbocycles. The van der Waals surface area contributed by atoms with Gasteiger partial charge in [-0.3, -0.25) is 0 Å². The van der Waals surface area contributed by atoms with Gasteiger partial charge in [-0.05, 0) is 6.42 Å². The third-order valence-electron chi connectivity index (χ3n) is 2.18. The molecule has 1 aliphatic heterocycles. The van der Waals surface area contributed by atoms with Crippen molar-refractivity contribution in [2.75, 3.05) is 0 Å². The molecular formula is C9H16O3. The second-order valence-electron chi connectivity index (χ2n) is 3.26. The molecule has 12 heavy (non-hydrogen) atoms. The lowest BCUT2D eigenvalue weighted by molar-refractivity contribution is -0.108. The Kier molecular flexibility index (Phi) is 3.69. The van der Waals surface area contributed by atoms with E-state index in [1.807, 2.05) is 0 Å². The number of aliphatic hydroxyl groups is 1. The summed E-state index contributed by atoms with van der Waals surface area (Å²) < 4.78 is 4.94. The first kappa shape index (κ1) is 9.68. The van der Waals surface area contributed by atoms with Crippen LogP contribution in [0.2, 0.25) is 0 Å². The smallest absolute Gasteiger partial charge is 0.151 e. The topological polar surface area (TPSA) is 49.8 Å². The van der Waals surface area contributed by atoms with E-state index in [-0.39, 0.29) is 12.2 Å². The Hall–Kier alpha value is -0.410. The van der Waals surface area contributed by atoms with Gasteiger partial charge in [-0.25, -0.2) is 0 Å². The van der Waals surface area contributed by atoms with Crippen LogP contribution in [0.1, 0.15) is 32.6 Å². The number of carbonyl (C=O) groups is 1. The van der Waals surface area contributed by atoms with Crippen molar-refractivity contribution in [3.8, 4) is 0 Å². The number of carbonyl (C=O) groups excluding carboxylic acids is 1. The predicted octanol–water partition coefficient (Wildman–Crippen LogP) is 0.894. The number of aldehydes is 1. The molecule has 0 aliphatic carbocycles. The molecule has 0 bridgehead atoms. The van der Waals surface area contributed by atoms with E-state index in [0.717, 1.165) is 32.0 Å². The predicted molar refractivity (Wildman–Crippen MR) is 44.9 cm³/mol. The first-order valence-corrected chi connectivity index (χ1v) is 4.58. The summed E-state index contributed by atoms with van der Waals surface area (Å²) in [7, 11) is 0. The summed E-state index contributed by atoms with van der Waals surface area (Å²) >= 11 is 0. The third-order valence-corrected chi connectivity index (χ3v) is 2.18. The number of hydrogen-bond donors (Lipinski definition) is 1. The van der Waals surface area contributed by atoms with Gasteiger partial charge in [-0.2, -0.15) is 0 Å². The van der Waals surface area contributed by atoms with Crippen LogP contribution in [0.4, 0.5) is 0 Å². The molecule has 3 nitrogen and oxygen atoms in total. The van der Waals surface area contributed by atoms with Gasteiger partial charge in [-0.1, -0.05) is 26.2 Å². The summed E-state index contributed by atoms with van der Waals surface area (Å²) in [5.74, 6) is 0. The summed E-state index contributed by atoms with van der Waals surface area (Å²) in [6, 6.07) is 0. The monoisotopic (exact) mass is 172 g/mol. The van der Waals surface area contributed by atoms with Crippen molar-refractivity contribution < 1.29 is 14.6 Å². The minimum Gasteiger partial charge on any atom is -0.390 e. The van der Waals surface area contributed by atoms with Gasteiger partial charge in [0.15, 0.2) is 6.29 Å². The van der Waals surface area contributed by atoms with Gasteiger partial charge in [0.05, 0.1) is 6.10 Å². The first-order chi connectivity index (χ1) is 5.79. The minimum absolute atomic E-state index is 0.209. The molecule has 1 aliphatic rings. The van der Waals surface area contributed by atoms with E-state index < -0.39 is 6.10 Å². The third kappa shape index (κ3) is 2.57. The standard InChI is InChI=1S/C9H16O3/c1-2-3-4-5-7(11)9-8(6-10)12-9/h6-9,11H,2-5H2,1H3/t7-,8-,9-/m1/s1. The Bertz CT molecular complexity index is 147. The number of ether oxygens (including phenoxy) is 1. The lowest BCUT2D eigenvalue weighted by Crippen LogP contribution is -2.17. The molecule has 0 unspecified atom stereocenters. The Morgan fingerprint density at radius 3 is 2.83 bits per heavy atom. The molecule has 3 atom stereocenters. The van der Waals surface area contributed by atoms with Crippen LogP contribution in [0.15, 0.2) is 0 Å². The molecule has 1 rings (SSSR count). The van der Waals surface area contributed by atoms with E-state index in [4.69, 9.17) is 4.74 Å². The second-order valence-corrected chi connectivity index (χ2v) is 3.26. The van der Waals surface area contributed by atoms with E-state index in [1.165, 1.54) is 0 Å². The van der Waals surface area contributed by atoms with Gasteiger partial charge in [0.2, 0.25) is 0 Å². The second kappa shape index (κ2) is 4.58. The maximum absolute atomic E-state index is 10.2. The van der Waals surface area contributed by atoms with Gasteiger partial charge in [0.1, 0.15) is 12.2 Å². The summed E-state index contributed by atoms with van der Waals surface area (Å²) in [6.07, 6.45) is 3.83. The Balaban J connectivity index is 2.05. The molecular weight excluding hydrogens is 156 g/mol. The summed E-state index contributed by atoms with van der Waals surface area (Å²) in [6.45, 7) is 2.12. The lowest BCUT2D eigenvalue weighted by atomic mass is 10.1. The average Bonchev–Trinajstić information content (AvgIpc) is 2.83. The highest BCUT2D eigenvalue weighted by molar-refractivity contribution is 5.60. The fourth-order valence-electron chi connectivity index (χ4n) is 1.32. The minimum atomic E-state index is -0.438. The van der Waals surface area contributed by atoms with Gasteiger partial charge in [0, 0.05) is 0 Å². The SMILES string of the molecule is CCCCC[C@@H](O)[C@H]1O[C@@H]1C=O. The van der Waals surface area contributed by atoms with E-state index in [0.29, 0.717) is 0 Å². The normalized spacial score (nSPS) is 29.8. The van der Waals surface area contributed by atoms with E-state index in [2.05, 4.69) is 6.92 Å². The molecule has 0 amide bonds. The summed E-state index contributed by atoms with van der Waals surface area (Å²) in [4.78, 5) is 10.2. The molecule has 0 radical (unpaired) electrons. The number of epoxide rings is 1. The van der Waals surface area contributed by atoms with Crippen LogP contribution >= 0.6 is 0 Å². The van der Waals surface area contributed by atoms with Crippen LogP contribution in [-0.4, -0.2) is 29.7 Å². The lowest BCUT2D eigenvalue weighted by Gasteiger charge is -2.05. The van der Waals surface area contributed by atoms with Gasteiger partial charge >= 0.3 is 0 Å². The molecule has 0 aromatic rings. The van der Waals surface area contributed by atoms with Crippen molar-refractivity contribution in [3.05, 3.63) is 0 Å². The highest BCUT2D eigenvalue weighted by Crippen LogP contribution is 2.26. The molecule has 0 aromatic carbocycles. The maximum atomic E-state index is 10.2. The van der Waals surface area contributed by atoms with Gasteiger partial charge in [-0.15, -0.1) is 0 Å². The quantitative estimate of drug-likeness (QED) is 0.368. The van der Waals surface area contributed by atoms with E-state index >= 15 is 0 Å². The van der Waals surface area contributed by atoms with E-state index in [9.17, 15) is 9.90 Å². The average molecular weight is 172 g/mol. The van der Waals surface area contributed by atoms with Crippen molar-refractivity contribution in [2.45, 2.75) is 50.9 Å². The van der Waals surface area contributed by atoms with Crippen LogP contribution in [-0.2, 0) is 9.53 Å². The summed E-state index contributed by atoms with van der Waals surface area (Å²) in [5, 5.41) is 9.43. The van der Waals surface area contributed by atoms with Gasteiger partial charge in [0.25, 0.3) is 0 Å². The van der Waals surface area contributed by atoms with Crippen molar-refractivity contribution in [3.63, 3.8) is 0 Å². The fraction of sp³-hybridized carbons (Fsp3) is 0.889. The van der Waals surface area contributed by atoms with Crippen LogP contribution in [0.5, 0.6) is 0 Å².